The predicted octanol–water partition coefficient (Wildman–Crippen LogP) is 35.9. The van der Waals surface area contributed by atoms with Gasteiger partial charge in [-0.1, -0.05) is 71.9 Å². The molecule has 12 rings (SSSR count). The summed E-state index contributed by atoms with van der Waals surface area (Å²) in [5, 5.41) is 0. The number of fused-ring (bicyclic) bond motifs is 6. The van der Waals surface area contributed by atoms with Crippen molar-refractivity contribution in [3.05, 3.63) is 165 Å². The average Bonchev–Trinajstić information content (AvgIpc) is 1.36. The molecule has 0 bridgehead atoms. The first-order valence-corrected chi connectivity index (χ1v) is 26.4. The van der Waals surface area contributed by atoms with Crippen LogP contribution in [0.5, 0.6) is 0 Å². The van der Waals surface area contributed by atoms with Gasteiger partial charge in [-0.3, -0.25) is 14.8 Å². The molecule has 6 aliphatic carbocycles. The third kappa shape index (κ3) is 7.90. The van der Waals surface area contributed by atoms with Crippen LogP contribution in [0.25, 0.3) is 55.0 Å². The number of ketones is 2. The van der Waals surface area contributed by atoms with Gasteiger partial charge < -0.3 is 9.64 Å². The van der Waals surface area contributed by atoms with Crippen LogP contribution in [0.3, 0.4) is 0 Å². The van der Waals surface area contributed by atoms with Gasteiger partial charge in [0.15, 0.2) is 17.4 Å². The number of benzene rings is 2. The number of allylic oxidation sites excluding steroid dienone is 2. The predicted molar refractivity (Wildman–Crippen MR) is 472 cm³/mol. The Morgan fingerprint density at radius 1 is 0.662 bits per heavy atom. The van der Waals surface area contributed by atoms with Crippen molar-refractivity contribution in [3.63, 3.8) is 0 Å². The molecule has 0 saturated heterocycles. The van der Waals surface area contributed by atoms with Gasteiger partial charge in [0.2, 0.25) is 11.5 Å². The van der Waals surface area contributed by atoms with E-state index in [2.05, 4.69) is 39.6 Å². The number of hydrogen-bond donors (Lipinski definition) is 0. The minimum Gasteiger partial charge on any atom is -0.307 e. The van der Waals surface area contributed by atoms with E-state index in [0.717, 1.165) is 83.6 Å². The fourth-order valence-electron chi connectivity index (χ4n) is 13.5. The molecule has 3 saturated carbocycles. The standard InChI is InChI=1S/C31H31FN4O.C31H29FN4O.91H2/c2*1-5-30(2)25-13-12-21-26(20-8-6-7-9-22(20)32)35-29(19-14-15-34-23(16-19)18-10-11-18)36-27(21)31(25,3)17-24(33-4)28(30)37;;;;;;;;;;;;;;;;;;;;;;;;;;;;;;;;;;;;;;;;;;;;;;;;;;;;;;;;;;;;;;;;;;;;;;;;;;;;;;;;;;;;;;;;;;;/h6-9,14-16,18,24-25H,5,10-13,17H2,1-3H3;6-9,14-18,25H,5,10-13H2,1-3H3;91*1H/t24?,25-,30-,31-;25-,30-,31-;;;;;;;;;;;;;;;;;;;;;;;;;;;;;;;;;;;;;;;;;;;;;;;;;;;;;;;;;;;;;;;;;;;;;;;;;;;;;;;;;;;;;;;;;;;/m11.........................................................................................../s1/i;;90*1+2T;1+2. The van der Waals surface area contributed by atoms with Crippen LogP contribution in [0.1, 0.15) is 414 Å². The third-order valence-electron chi connectivity index (χ3n) is 18.2. The molecule has 0 spiro atoms. The van der Waals surface area contributed by atoms with Crippen LogP contribution in [-0.2, 0) is 33.3 Å². The zero-order valence-corrected chi connectivity index (χ0v) is 43.0. The highest BCUT2D eigenvalue weighted by Gasteiger charge is 2.62. The van der Waals surface area contributed by atoms with Crippen molar-refractivity contribution < 1.29 is 287 Å². The Morgan fingerprint density at radius 2 is 1.16 bits per heavy atom. The van der Waals surface area contributed by atoms with Gasteiger partial charge in [0.25, 0.3) is 6.04 Å². The van der Waals surface area contributed by atoms with Gasteiger partial charge in [0.05, 0.1) is 29.3 Å². The molecule has 7 atom stereocenters. The van der Waals surface area contributed by atoms with E-state index in [1.54, 1.807) is 30.5 Å². The molecule has 556 valence electrons. The van der Waals surface area contributed by atoms with E-state index in [0.29, 0.717) is 78.1 Å². The first-order chi connectivity index (χ1) is 126. The number of halogens is 2. The minimum atomic E-state index is -0.699. The number of carbonyl (C=O) groups excluding carboxylic acids is 2. The van der Waals surface area contributed by atoms with Crippen molar-refractivity contribution in [2.75, 3.05) is 0 Å². The zero-order chi connectivity index (χ0) is 232. The maximum absolute atomic E-state index is 15.2. The molecule has 0 amide bonds. The summed E-state index contributed by atoms with van der Waals surface area (Å²) < 4.78 is 930. The number of pyridine rings is 2. The number of aromatic nitrogens is 6. The molecule has 10 nitrogen and oxygen atoms in total. The first-order valence-electron chi connectivity index (χ1n) is 116. The molecule has 0 radical (unpaired) electrons. The van der Waals surface area contributed by atoms with Gasteiger partial charge in [-0.15, -0.1) is 0 Å². The fourth-order valence-corrected chi connectivity index (χ4v) is 13.5. The minimum absolute atomic E-state index is 0. The van der Waals surface area contributed by atoms with E-state index < -0.39 is 27.7 Å². The molecular formula is C62H242F2N8O2. The van der Waals surface area contributed by atoms with Gasteiger partial charge in [0.1, 0.15) is 11.6 Å². The third-order valence-corrected chi connectivity index (χ3v) is 18.2. The fraction of sp³-hybridized carbons (Fsp3) is 0.419. The smallest absolute Gasteiger partial charge is 0.282 e. The van der Waals surface area contributed by atoms with Gasteiger partial charge in [-0.05, 0) is 125 Å². The number of rotatable bonds is 8. The summed E-state index contributed by atoms with van der Waals surface area (Å²) in [6.45, 7) is 27.9. The van der Waals surface area contributed by atoms with E-state index in [1.165, 1.54) is 12.1 Å². The molecule has 74 heavy (non-hydrogen) atoms. The van der Waals surface area contributed by atoms with E-state index >= 15 is 8.78 Å². The molecule has 4 aromatic heterocycles. The largest absolute Gasteiger partial charge is 0.307 e. The van der Waals surface area contributed by atoms with Crippen LogP contribution >= 0.6 is 0 Å². The summed E-state index contributed by atoms with van der Waals surface area (Å²) >= 11 is 0. The molecule has 0 N–H and O–H groups in total. The molecule has 12 heteroatoms. The van der Waals surface area contributed by atoms with Crippen molar-refractivity contribution in [2.45, 2.75) is 141 Å². The normalized spacial score (nSPS) is 37.4. The van der Waals surface area contributed by atoms with Gasteiger partial charge in [-0.25, -0.2) is 40.1 Å². The maximum Gasteiger partial charge on any atom is 0.282 e. The average molecular weight is 1530 g/mol. The highest BCUT2D eigenvalue weighted by Crippen LogP contribution is 2.59. The van der Waals surface area contributed by atoms with Crippen molar-refractivity contribution >= 4 is 11.6 Å². The van der Waals surface area contributed by atoms with Crippen LogP contribution < -0.4 is 0 Å². The van der Waals surface area contributed by atoms with Crippen molar-refractivity contribution in [3.8, 4) is 45.3 Å². The summed E-state index contributed by atoms with van der Waals surface area (Å²) in [5.41, 5.74) is 7.20. The Bertz CT molecular complexity index is 3650. The Morgan fingerprint density at radius 3 is 1.65 bits per heavy atom. The number of nitrogens with zero attached hydrogens (tertiary/aromatic N) is 8. The Balaban J connectivity index is -0.0000000163. The van der Waals surface area contributed by atoms with E-state index in [9.17, 15) is 9.59 Å². The quantitative estimate of drug-likeness (QED) is 0.138. The number of Topliss-reactive ketones (excluding diaryl/α,β-unsaturated/α-hetero) is 2. The monoisotopic (exact) mass is 1530 g/mol. The summed E-state index contributed by atoms with van der Waals surface area (Å²) in [7, 11) is 0. The van der Waals surface area contributed by atoms with Gasteiger partial charge in [0, 0.05) is 366 Å². The Kier molecular flexibility index (Phi) is 2.58. The molecule has 1 unspecified atom stereocenters. The summed E-state index contributed by atoms with van der Waals surface area (Å²) in [6, 6.07) is 20.7. The molecular weight excluding hydrogens is 927 g/mol. The topological polar surface area (TPSA) is 120 Å². The van der Waals surface area contributed by atoms with Crippen molar-refractivity contribution in [1.82, 2.24) is 29.9 Å². The summed E-state index contributed by atoms with van der Waals surface area (Å²) in [6.07, 6.45) is 14.6. The molecule has 0 aliphatic heterocycles. The second-order valence-corrected chi connectivity index (χ2v) is 22.5. The van der Waals surface area contributed by atoms with E-state index in [1.807, 2.05) is 70.3 Å². The summed E-state index contributed by atoms with van der Waals surface area (Å²) in [4.78, 5) is 63.6. The van der Waals surface area contributed by atoms with E-state index in [4.69, 9.17) is 300 Å². The van der Waals surface area contributed by atoms with E-state index in [-0.39, 0.29) is 42.2 Å². The summed E-state index contributed by atoms with van der Waals surface area (Å²) in [5.74, 6) is 1.41. The maximum atomic E-state index is 15.2. The molecule has 3 fully saturated rings. The lowest BCUT2D eigenvalue weighted by Crippen LogP contribution is -2.58. The second kappa shape index (κ2) is 18.3. The van der Waals surface area contributed by atoms with Crippen LogP contribution in [0.4, 0.5) is 8.78 Å². The van der Waals surface area contributed by atoms with Gasteiger partial charge >= 0.3 is 0 Å². The number of carbonyl (C=O) groups is 2. The van der Waals surface area contributed by atoms with Crippen LogP contribution in [-0.4, -0.2) is 47.5 Å². The SMILES string of the molecule is [3HH].[3H][3H].[3H][3H].[3H][3H].[3H][3H].[3H][3H].[3H][3H].[3H][3H].[3H][3H].[3H][3H].[3H][3H].[3H][3H].[3H][3H].[3H][3H].[3H][3H].[3H][3H].[3H][3H].[3H][3H].[3H][3H].[3H][3H].[3H][3H].[3H][3H].[3H][3H].[3H][3H].[3H][3H].[3H][3H].[3H][3H].[3H][3H].[3H][3H].[3H][3H].[3H][3H].[3H][3H].[3H][3H].[3H][3H].[3H][3H].[3H][3H].[3H][3H].[3H][3H].[3H][3H].[3H][3H].[3H][3H].[3H][3H].[3H][3H].[3H][3H].[3H][3H].[3H][3H].[3H][3H].[3H][3H].[3H][3H].[3H][3H].[3H][3H].[3H][3H].[3H][3H].[3H][3H].[3H][3H].[3H][3H].[3H][3H].[3H][3H].[3H][3H].[3H][3H].[3H][3H].[3H][3H].[3H][3H].[3H][3H].[3H][3H].[3H][3H].[3H][3H].[3H][3H].[3H][3H].[3H][3H].[3H][3H].[3H][3H].[3H][3H].[3H][3H].[3H][3H].[3H][3H].[3H][3H].[3H][3H].[3H][3H].[3H][3H].[3H][3H].[3H][3H].[3H][3H].[3H][3H].[3H][3H].[3H][3H].[3H][3H].[3H][3H].[3H][3H].[3H][3H].[3H][3H].[C-]#[N+]C1=C[C@@]2(C)c3nc(-c4ccnc(C5CC5)c4)nc(-c4ccccc4F)c3CC[C@@H]2[C@@](C)(CC)C1=O.[C-]#[N+]C1C[C@@]2(C)c3nc(-c4ccnc(C5CC5)c4)nc(-c4ccccc4F)c3CC[C@@H]2[C@@](C)(CC)C1=O. The zero-order valence-electron chi connectivity index (χ0n) is 223. The lowest BCUT2D eigenvalue weighted by molar-refractivity contribution is -0.139. The van der Waals surface area contributed by atoms with Crippen molar-refractivity contribution in [2.24, 2.45) is 22.7 Å². The molecule has 6 aliphatic rings. The highest BCUT2D eigenvalue weighted by atomic mass is 19.1. The first kappa shape index (κ1) is 10.4. The molecule has 2 aromatic carbocycles. The molecule has 6 aromatic rings. The number of hydrogen-bond acceptors (Lipinski definition) is 8. The highest BCUT2D eigenvalue weighted by molar-refractivity contribution is 6.03. The lowest BCUT2D eigenvalue weighted by Gasteiger charge is -2.53. The molecule has 4 heterocycles. The Labute approximate surface area is 711 Å². The second-order valence-electron chi connectivity index (χ2n) is 22.5. The van der Waals surface area contributed by atoms with Crippen LogP contribution in [0.2, 0.25) is 0 Å². The van der Waals surface area contributed by atoms with Crippen LogP contribution in [0.15, 0.2) is 97.0 Å². The Hall–Kier alpha value is -7.18. The lowest BCUT2D eigenvalue weighted by atomic mass is 9.48. The van der Waals surface area contributed by atoms with Gasteiger partial charge in [-0.2, -0.15) is 0 Å². The van der Waals surface area contributed by atoms with Crippen molar-refractivity contribution in [1.29, 1.82) is 0 Å². The van der Waals surface area contributed by atoms with Crippen LogP contribution in [0, 0.1) is 47.4 Å².